The number of benzene rings is 5. The minimum Gasteiger partial charge on any atom is -0.543 e. The fourth-order valence-electron chi connectivity index (χ4n) is 10.1. The van der Waals surface area contributed by atoms with E-state index in [1.807, 2.05) is 0 Å². The first-order chi connectivity index (χ1) is 46.9. The van der Waals surface area contributed by atoms with Crippen LogP contribution in [-0.2, 0) is 19.4 Å². The van der Waals surface area contributed by atoms with Gasteiger partial charge in [-0.1, -0.05) is 209 Å². The summed E-state index contributed by atoms with van der Waals surface area (Å²) in [7, 11) is -17.5. The van der Waals surface area contributed by atoms with Gasteiger partial charge in [-0.3, -0.25) is 0 Å². The number of rotatable bonds is 21. The first-order valence-corrected chi connectivity index (χ1v) is 62.2. The van der Waals surface area contributed by atoms with Gasteiger partial charge in [-0.25, -0.2) is 0 Å². The Hall–Kier alpha value is -4.24. The Balaban J connectivity index is 0.000000332. The Morgan fingerprint density at radius 2 is 0.600 bits per heavy atom. The van der Waals surface area contributed by atoms with Crippen LogP contribution in [-0.4, -0.2) is 78.6 Å². The highest BCUT2D eigenvalue weighted by Crippen LogP contribution is 2.53. The zero-order valence-corrected chi connectivity index (χ0v) is 81.8. The number of nitrogens with two attached hydrogens (primary N) is 1. The summed E-state index contributed by atoms with van der Waals surface area (Å²) in [6, 6.07) is 31.6. The zero-order valence-electron chi connectivity index (χ0n) is 73.8. The molecule has 0 amide bonds. The van der Waals surface area contributed by atoms with Crippen LogP contribution in [0.2, 0.25) is 145 Å². The monoisotopic (exact) mass is 1580 g/mol. The van der Waals surface area contributed by atoms with Crippen molar-refractivity contribution >= 4 is 66.5 Å². The molecule has 2 heterocycles. The standard InChI is InChI=1S/C46H77NO5Si4.C39H71NO5Si4/c1-43(2,3)53(13,14)49-35-29-39-36(40(30-35)51-55(17,18)45(7,8)9)31-37(47-32-33-24-22-21-23-25-33)42(48-39)34-26-27-38(50-54(15,16)44(4,5)6)41(28-34)52-56(19,20)46(10,11)12;1-36(2,3)46(13,14)42-28-24-32-29(33(25-28)44-48(17,18)38(7,8)9)26-30(40)35(41-32)27-21-22-31(43-47(15,16)37(4,5)6)34(23-27)45-49(19,20)39(10,11)12/h21-30,37,42,47H,31-32H2,1-20H3;21-25,30,35H,26,40H2,1-20H3/t37-,42-;30-,35-/m11/s1. The lowest BCUT2D eigenvalue weighted by Gasteiger charge is -2.41. The fraction of sp³-hybridized carbons (Fsp3) is 0.647. The topological polar surface area (TPSA) is 130 Å². The van der Waals surface area contributed by atoms with E-state index in [2.05, 4.69) is 367 Å². The lowest BCUT2D eigenvalue weighted by molar-refractivity contribution is 0.131. The molecule has 0 radical (unpaired) electrons. The summed E-state index contributed by atoms with van der Waals surface area (Å²) in [4.78, 5) is 0. The number of ether oxygens (including phenoxy) is 2. The maximum atomic E-state index is 7.28. The maximum absolute atomic E-state index is 7.28. The summed E-state index contributed by atoms with van der Waals surface area (Å²) < 4.78 is 70.4. The molecule has 4 atom stereocenters. The maximum Gasteiger partial charge on any atom is 0.250 e. The second-order valence-electron chi connectivity index (χ2n) is 42.7. The molecule has 5 aromatic carbocycles. The van der Waals surface area contributed by atoms with Crippen molar-refractivity contribution in [3.05, 3.63) is 119 Å². The van der Waals surface area contributed by atoms with Gasteiger partial charge in [0.15, 0.2) is 0 Å². The van der Waals surface area contributed by atoms with E-state index >= 15 is 0 Å². The summed E-state index contributed by atoms with van der Waals surface area (Å²) in [6.07, 6.45) is 0.682. The largest absolute Gasteiger partial charge is 0.543 e. The van der Waals surface area contributed by atoms with E-state index in [0.717, 1.165) is 86.2 Å². The van der Waals surface area contributed by atoms with Gasteiger partial charge in [-0.15, -0.1) is 0 Å². The van der Waals surface area contributed by atoms with Crippen molar-refractivity contribution in [3.8, 4) is 57.5 Å². The summed E-state index contributed by atoms with van der Waals surface area (Å²) in [5.41, 5.74) is 12.4. The van der Waals surface area contributed by atoms with E-state index < -0.39 is 66.5 Å². The molecule has 0 spiro atoms. The Labute approximate surface area is 649 Å². The van der Waals surface area contributed by atoms with Gasteiger partial charge in [0.2, 0.25) is 33.3 Å². The lowest BCUT2D eigenvalue weighted by atomic mass is 9.91. The molecule has 0 bridgehead atoms. The molecule has 3 N–H and O–H groups in total. The summed E-state index contributed by atoms with van der Waals surface area (Å²) in [5.74, 6) is 8.17. The molecule has 590 valence electrons. The first-order valence-electron chi connectivity index (χ1n) is 38.9. The van der Waals surface area contributed by atoms with Gasteiger partial charge in [0.05, 0.1) is 12.1 Å². The van der Waals surface area contributed by atoms with Gasteiger partial charge in [-0.2, -0.15) is 0 Å². The van der Waals surface area contributed by atoms with Crippen molar-refractivity contribution in [2.75, 3.05) is 0 Å². The lowest BCUT2D eigenvalue weighted by Crippen LogP contribution is -2.46. The van der Waals surface area contributed by atoms with Gasteiger partial charge in [0.1, 0.15) is 69.7 Å². The zero-order chi connectivity index (χ0) is 80.5. The Bertz CT molecular complexity index is 3790. The molecule has 2 aliphatic heterocycles. The average molecular weight is 1580 g/mol. The molecular weight excluding hydrogens is 1430 g/mol. The molecule has 0 aromatic heterocycles. The van der Waals surface area contributed by atoms with Crippen molar-refractivity contribution in [2.45, 2.75) is 355 Å². The van der Waals surface area contributed by atoms with Gasteiger partial charge in [-0.05, 0) is 199 Å². The summed E-state index contributed by atoms with van der Waals surface area (Å²) in [5, 5.41) is 4.19. The molecule has 5 aromatic rings. The summed E-state index contributed by atoms with van der Waals surface area (Å²) in [6.45, 7) is 92.0. The van der Waals surface area contributed by atoms with Gasteiger partial charge in [0.25, 0.3) is 33.3 Å². The third-order valence-electron chi connectivity index (χ3n) is 25.8. The summed E-state index contributed by atoms with van der Waals surface area (Å²) >= 11 is 0. The van der Waals surface area contributed by atoms with Crippen molar-refractivity contribution in [1.82, 2.24) is 5.32 Å². The van der Waals surface area contributed by atoms with Crippen LogP contribution >= 0.6 is 0 Å². The molecule has 0 saturated carbocycles. The SMILES string of the molecule is CC(C)(C)[Si](C)(C)Oc1cc2c(c(O[Si](C)(C)C(C)(C)C)c1)C[C@@H](N)[C@@H](c1ccc(O[Si](C)(C)C(C)(C)C)c(O[Si](C)(C)C(C)(C)C)c1)O2.CC(C)(C)[Si](C)(C)Oc1cc2c(c(O[Si](C)(C)C(C)(C)C)c1)C[C@@H](NCc1ccccc1)[C@@H](c1ccc(O[Si](C)(C)C(C)(C)C)c(O[Si](C)(C)C(C)(C)C)c1)O2. The highest BCUT2D eigenvalue weighted by molar-refractivity contribution is 6.78. The predicted molar refractivity (Wildman–Crippen MR) is 468 cm³/mol. The fourth-order valence-corrected chi connectivity index (χ4v) is 18.2. The van der Waals surface area contributed by atoms with Crippen molar-refractivity contribution in [3.63, 3.8) is 0 Å². The number of nitrogens with one attached hydrogen (secondary N) is 1. The Morgan fingerprint density at radius 1 is 0.324 bits per heavy atom. The van der Waals surface area contributed by atoms with E-state index in [1.54, 1.807) is 0 Å². The Kier molecular flexibility index (Phi) is 26.3. The molecule has 7 rings (SSSR count). The molecule has 105 heavy (non-hydrogen) atoms. The third kappa shape index (κ3) is 21.5. The van der Waals surface area contributed by atoms with Crippen LogP contribution in [0.4, 0.5) is 0 Å². The van der Waals surface area contributed by atoms with E-state index in [9.17, 15) is 0 Å². The van der Waals surface area contributed by atoms with Crippen LogP contribution in [0.5, 0.6) is 57.5 Å². The van der Waals surface area contributed by atoms with Crippen LogP contribution in [0.1, 0.15) is 206 Å². The number of hydrogen-bond acceptors (Lipinski definition) is 12. The molecule has 0 aliphatic carbocycles. The van der Waals surface area contributed by atoms with Gasteiger partial charge in [0, 0.05) is 41.9 Å². The van der Waals surface area contributed by atoms with Crippen LogP contribution in [0.25, 0.3) is 0 Å². The average Bonchev–Trinajstić information content (AvgIpc) is 0.762. The highest BCUT2D eigenvalue weighted by atomic mass is 28.4. The van der Waals surface area contributed by atoms with Crippen LogP contribution in [0, 0.1) is 0 Å². The van der Waals surface area contributed by atoms with Crippen LogP contribution in [0.3, 0.4) is 0 Å². The molecule has 20 heteroatoms. The number of hydrogen-bond donors (Lipinski definition) is 2. The minimum absolute atomic E-state index is 0.0123. The van der Waals surface area contributed by atoms with Crippen molar-refractivity contribution < 1.29 is 44.9 Å². The third-order valence-corrected chi connectivity index (χ3v) is 60.6. The predicted octanol–water partition coefficient (Wildman–Crippen LogP) is 26.3. The quantitative estimate of drug-likeness (QED) is 0.0678. The van der Waals surface area contributed by atoms with E-state index in [1.165, 1.54) is 5.56 Å². The van der Waals surface area contributed by atoms with E-state index in [0.29, 0.717) is 13.0 Å². The first kappa shape index (κ1) is 89.6. The molecular formula is C85H148N2O10Si8. The minimum atomic E-state index is -2.24. The smallest absolute Gasteiger partial charge is 0.250 e. The second-order valence-corrected chi connectivity index (χ2v) is 80.5. The molecule has 12 nitrogen and oxygen atoms in total. The van der Waals surface area contributed by atoms with Crippen LogP contribution in [0.15, 0.2) is 91.0 Å². The van der Waals surface area contributed by atoms with Crippen molar-refractivity contribution in [1.29, 1.82) is 0 Å². The normalized spacial score (nSPS) is 17.9. The van der Waals surface area contributed by atoms with Crippen LogP contribution < -0.4 is 55.9 Å². The molecule has 0 saturated heterocycles. The van der Waals surface area contributed by atoms with E-state index in [-0.39, 0.29) is 64.6 Å². The van der Waals surface area contributed by atoms with Gasteiger partial charge < -0.3 is 55.9 Å². The van der Waals surface area contributed by atoms with Crippen molar-refractivity contribution in [2.24, 2.45) is 5.73 Å². The van der Waals surface area contributed by atoms with E-state index in [4.69, 9.17) is 50.6 Å². The van der Waals surface area contributed by atoms with Gasteiger partial charge >= 0.3 is 0 Å². The molecule has 0 fully saturated rings. The highest BCUT2D eigenvalue weighted by Gasteiger charge is 2.49. The number of fused-ring (bicyclic) bond motifs is 2. The molecule has 0 unspecified atom stereocenters. The second kappa shape index (κ2) is 30.8. The molecule has 2 aliphatic rings. The Morgan fingerprint density at radius 3 is 0.924 bits per heavy atom.